The van der Waals surface area contributed by atoms with Crippen molar-refractivity contribution < 1.29 is 18.6 Å². The fraction of sp³-hybridized carbons (Fsp3) is 0.250. The summed E-state index contributed by atoms with van der Waals surface area (Å²) in [7, 11) is 0. The molecular weight excluding hydrogens is 262 g/mol. The van der Waals surface area contributed by atoms with Crippen LogP contribution in [0.1, 0.15) is 29.2 Å². The average Bonchev–Trinajstić information content (AvgIpc) is 2.82. The molecule has 104 valence electrons. The molecule has 0 unspecified atom stereocenters. The van der Waals surface area contributed by atoms with Crippen molar-refractivity contribution in [3.63, 3.8) is 0 Å². The molecule has 1 N–H and O–H groups in total. The minimum atomic E-state index is -0.872. The van der Waals surface area contributed by atoms with E-state index in [-0.39, 0.29) is 12.2 Å². The Balaban J connectivity index is 1.74. The maximum Gasteiger partial charge on any atom is 0.165 e. The summed E-state index contributed by atoms with van der Waals surface area (Å²) in [5, 5.41) is 9.71. The van der Waals surface area contributed by atoms with Crippen LogP contribution < -0.4 is 4.74 Å². The summed E-state index contributed by atoms with van der Waals surface area (Å²) >= 11 is 0. The second kappa shape index (κ2) is 5.21. The highest BCUT2D eigenvalue weighted by atomic mass is 19.2. The maximum absolute atomic E-state index is 13.5. The zero-order chi connectivity index (χ0) is 14.1. The average molecular weight is 276 g/mol. The standard InChI is InChI=1S/C16H14F2O2/c17-14-3-1-2-11(16(14)18)9-20-12-5-6-13-10(8-12)4-7-15(13)19/h1-3,5-6,8,15,19H,4,7,9H2/t15-/m0/s1. The molecular formula is C16H14F2O2. The number of benzene rings is 2. The van der Waals surface area contributed by atoms with Gasteiger partial charge in [-0.05, 0) is 42.2 Å². The molecule has 0 saturated carbocycles. The molecule has 3 rings (SSSR count). The zero-order valence-electron chi connectivity index (χ0n) is 10.8. The lowest BCUT2D eigenvalue weighted by molar-refractivity contribution is 0.180. The second-order valence-electron chi connectivity index (χ2n) is 4.92. The normalized spacial score (nSPS) is 17.1. The van der Waals surface area contributed by atoms with Gasteiger partial charge in [-0.3, -0.25) is 0 Å². The molecule has 4 heteroatoms. The molecule has 2 aromatic rings. The van der Waals surface area contributed by atoms with E-state index in [0.717, 1.165) is 30.0 Å². The van der Waals surface area contributed by atoms with E-state index < -0.39 is 17.7 Å². The Kier molecular flexibility index (Phi) is 3.40. The second-order valence-corrected chi connectivity index (χ2v) is 4.92. The third-order valence-electron chi connectivity index (χ3n) is 3.59. The van der Waals surface area contributed by atoms with E-state index in [9.17, 15) is 13.9 Å². The number of aliphatic hydroxyl groups excluding tert-OH is 1. The Morgan fingerprint density at radius 2 is 2.05 bits per heavy atom. The van der Waals surface area contributed by atoms with E-state index >= 15 is 0 Å². The molecule has 2 aromatic carbocycles. The van der Waals surface area contributed by atoms with E-state index in [0.29, 0.717) is 5.75 Å². The summed E-state index contributed by atoms with van der Waals surface area (Å²) in [6, 6.07) is 9.44. The summed E-state index contributed by atoms with van der Waals surface area (Å²) in [5.74, 6) is -1.14. The van der Waals surface area contributed by atoms with Gasteiger partial charge in [0.15, 0.2) is 11.6 Å². The smallest absolute Gasteiger partial charge is 0.165 e. The van der Waals surface area contributed by atoms with Crippen LogP contribution in [0, 0.1) is 11.6 Å². The predicted octanol–water partition coefficient (Wildman–Crippen LogP) is 3.52. The molecule has 0 heterocycles. The SMILES string of the molecule is O[C@H]1CCc2cc(OCc3cccc(F)c3F)ccc21. The molecule has 0 amide bonds. The van der Waals surface area contributed by atoms with Crippen molar-refractivity contribution in [1.29, 1.82) is 0 Å². The van der Waals surface area contributed by atoms with E-state index in [2.05, 4.69) is 0 Å². The van der Waals surface area contributed by atoms with Crippen molar-refractivity contribution in [2.75, 3.05) is 0 Å². The zero-order valence-corrected chi connectivity index (χ0v) is 10.8. The van der Waals surface area contributed by atoms with Gasteiger partial charge >= 0.3 is 0 Å². The number of rotatable bonds is 3. The van der Waals surface area contributed by atoms with Crippen LogP contribution >= 0.6 is 0 Å². The van der Waals surface area contributed by atoms with Gasteiger partial charge in [-0.15, -0.1) is 0 Å². The lowest BCUT2D eigenvalue weighted by atomic mass is 10.1. The summed E-state index contributed by atoms with van der Waals surface area (Å²) in [5.41, 5.74) is 2.16. The van der Waals surface area contributed by atoms with Gasteiger partial charge in [-0.25, -0.2) is 8.78 Å². The van der Waals surface area contributed by atoms with Crippen LogP contribution in [0.2, 0.25) is 0 Å². The van der Waals surface area contributed by atoms with Gasteiger partial charge in [-0.1, -0.05) is 18.2 Å². The number of hydrogen-bond acceptors (Lipinski definition) is 2. The number of fused-ring (bicyclic) bond motifs is 1. The number of halogens is 2. The number of aliphatic hydroxyl groups is 1. The summed E-state index contributed by atoms with van der Waals surface area (Å²) in [6.07, 6.45) is 1.12. The molecule has 0 aromatic heterocycles. The van der Waals surface area contributed by atoms with Gasteiger partial charge < -0.3 is 9.84 Å². The molecule has 0 fully saturated rings. The fourth-order valence-corrected chi connectivity index (χ4v) is 2.48. The maximum atomic E-state index is 13.5. The van der Waals surface area contributed by atoms with Crippen molar-refractivity contribution in [1.82, 2.24) is 0 Å². The molecule has 0 bridgehead atoms. The third-order valence-corrected chi connectivity index (χ3v) is 3.59. The van der Waals surface area contributed by atoms with Gasteiger partial charge in [0.1, 0.15) is 12.4 Å². The molecule has 0 radical (unpaired) electrons. The van der Waals surface area contributed by atoms with Crippen LogP contribution in [0.5, 0.6) is 5.75 Å². The Morgan fingerprint density at radius 1 is 1.20 bits per heavy atom. The van der Waals surface area contributed by atoms with Gasteiger partial charge in [0.25, 0.3) is 0 Å². The topological polar surface area (TPSA) is 29.5 Å². The molecule has 20 heavy (non-hydrogen) atoms. The van der Waals surface area contributed by atoms with Gasteiger partial charge in [0.05, 0.1) is 6.10 Å². The number of aryl methyl sites for hydroxylation is 1. The first-order chi connectivity index (χ1) is 9.65. The van der Waals surface area contributed by atoms with Crippen LogP contribution in [0.4, 0.5) is 8.78 Å². The summed E-state index contributed by atoms with van der Waals surface area (Å²) in [4.78, 5) is 0. The van der Waals surface area contributed by atoms with Gasteiger partial charge in [0.2, 0.25) is 0 Å². The van der Waals surface area contributed by atoms with Crippen LogP contribution in [0.3, 0.4) is 0 Å². The first-order valence-electron chi connectivity index (χ1n) is 6.52. The summed E-state index contributed by atoms with van der Waals surface area (Å²) in [6.45, 7) is -0.0229. The minimum absolute atomic E-state index is 0.0229. The van der Waals surface area contributed by atoms with Crippen LogP contribution in [-0.4, -0.2) is 5.11 Å². The minimum Gasteiger partial charge on any atom is -0.489 e. The van der Waals surface area contributed by atoms with Crippen molar-refractivity contribution in [3.8, 4) is 5.75 Å². The van der Waals surface area contributed by atoms with E-state index in [1.54, 1.807) is 6.07 Å². The Bertz CT molecular complexity index is 640. The van der Waals surface area contributed by atoms with E-state index in [1.807, 2.05) is 12.1 Å². The number of hydrogen-bond donors (Lipinski definition) is 1. The van der Waals surface area contributed by atoms with Crippen LogP contribution in [0.25, 0.3) is 0 Å². The van der Waals surface area contributed by atoms with Crippen molar-refractivity contribution in [2.24, 2.45) is 0 Å². The molecule has 0 spiro atoms. The monoisotopic (exact) mass is 276 g/mol. The lowest BCUT2D eigenvalue weighted by Gasteiger charge is -2.10. The Morgan fingerprint density at radius 3 is 2.90 bits per heavy atom. The molecule has 1 aliphatic rings. The highest BCUT2D eigenvalue weighted by molar-refractivity contribution is 5.40. The third kappa shape index (κ3) is 2.39. The molecule has 2 nitrogen and oxygen atoms in total. The summed E-state index contributed by atoms with van der Waals surface area (Å²) < 4.78 is 32.1. The van der Waals surface area contributed by atoms with Crippen molar-refractivity contribution in [3.05, 3.63) is 64.7 Å². The molecule has 0 aliphatic heterocycles. The molecule has 1 atom stereocenters. The van der Waals surface area contributed by atoms with Crippen LogP contribution in [-0.2, 0) is 13.0 Å². The largest absolute Gasteiger partial charge is 0.489 e. The Labute approximate surface area is 115 Å². The van der Waals surface area contributed by atoms with E-state index in [4.69, 9.17) is 4.74 Å². The van der Waals surface area contributed by atoms with Crippen LogP contribution in [0.15, 0.2) is 36.4 Å². The quantitative estimate of drug-likeness (QED) is 0.929. The Hall–Kier alpha value is -1.94. The predicted molar refractivity (Wildman–Crippen MR) is 70.4 cm³/mol. The van der Waals surface area contributed by atoms with Gasteiger partial charge in [-0.2, -0.15) is 0 Å². The highest BCUT2D eigenvalue weighted by Gasteiger charge is 2.20. The first kappa shape index (κ1) is 13.1. The number of ether oxygens (including phenoxy) is 1. The van der Waals surface area contributed by atoms with Crippen molar-refractivity contribution in [2.45, 2.75) is 25.6 Å². The van der Waals surface area contributed by atoms with E-state index in [1.165, 1.54) is 12.1 Å². The lowest BCUT2D eigenvalue weighted by Crippen LogP contribution is -2.01. The highest BCUT2D eigenvalue weighted by Crippen LogP contribution is 2.33. The van der Waals surface area contributed by atoms with Gasteiger partial charge in [0, 0.05) is 5.56 Å². The fourth-order valence-electron chi connectivity index (χ4n) is 2.48. The first-order valence-corrected chi connectivity index (χ1v) is 6.52. The van der Waals surface area contributed by atoms with Crippen molar-refractivity contribution >= 4 is 0 Å². The molecule has 0 saturated heterocycles. The molecule has 1 aliphatic carbocycles.